The van der Waals surface area contributed by atoms with Gasteiger partial charge in [0.05, 0.1) is 12.0 Å². The Balaban J connectivity index is 2.26. The molecular formula is C16H23NO3. The summed E-state index contributed by atoms with van der Waals surface area (Å²) in [6.45, 7) is 9.34. The van der Waals surface area contributed by atoms with Crippen molar-refractivity contribution in [3.05, 3.63) is 29.8 Å². The summed E-state index contributed by atoms with van der Waals surface area (Å²) >= 11 is 0. The molecule has 0 fully saturated rings. The van der Waals surface area contributed by atoms with Crippen molar-refractivity contribution in [2.45, 2.75) is 39.4 Å². The molecular weight excluding hydrogens is 254 g/mol. The van der Waals surface area contributed by atoms with Gasteiger partial charge in [0.2, 0.25) is 5.91 Å². The number of nitrogens with zero attached hydrogens (tertiary/aromatic N) is 1. The predicted molar refractivity (Wildman–Crippen MR) is 78.9 cm³/mol. The van der Waals surface area contributed by atoms with Crippen LogP contribution < -0.4 is 4.90 Å². The van der Waals surface area contributed by atoms with Gasteiger partial charge in [0.25, 0.3) is 0 Å². The maximum Gasteiger partial charge on any atom is 0.237 e. The van der Waals surface area contributed by atoms with E-state index >= 15 is 0 Å². The maximum absolute atomic E-state index is 12.6. The molecule has 0 unspecified atom stereocenters. The average Bonchev–Trinajstić information content (AvgIpc) is 2.61. The number of hydrogen-bond acceptors (Lipinski definition) is 3. The van der Waals surface area contributed by atoms with Gasteiger partial charge in [-0.15, -0.1) is 0 Å². The van der Waals surface area contributed by atoms with Gasteiger partial charge in [0.1, 0.15) is 0 Å². The van der Waals surface area contributed by atoms with Gasteiger partial charge in [0.15, 0.2) is 6.29 Å². The van der Waals surface area contributed by atoms with E-state index in [0.717, 1.165) is 11.3 Å². The second-order valence-electron chi connectivity index (χ2n) is 5.40. The zero-order valence-electron chi connectivity index (χ0n) is 12.7. The van der Waals surface area contributed by atoms with Crippen LogP contribution in [0.3, 0.4) is 0 Å². The molecule has 0 atom stereocenters. The van der Waals surface area contributed by atoms with E-state index in [1.807, 2.05) is 52.0 Å². The van der Waals surface area contributed by atoms with Crippen LogP contribution in [0.25, 0.3) is 0 Å². The van der Waals surface area contributed by atoms with Gasteiger partial charge < -0.3 is 14.4 Å². The molecule has 20 heavy (non-hydrogen) atoms. The predicted octanol–water partition coefficient (Wildman–Crippen LogP) is 2.71. The highest BCUT2D eigenvalue weighted by Crippen LogP contribution is 2.41. The summed E-state index contributed by atoms with van der Waals surface area (Å²) in [5, 5.41) is 0. The molecule has 0 aromatic heterocycles. The first kappa shape index (κ1) is 15.0. The molecule has 0 bridgehead atoms. The standard InChI is InChI=1S/C16H23NO3/c1-5-19-14(20-6-2)11-17-13-10-8-7-9-12(13)16(3,4)15(17)18/h7-10,14H,5-6,11H2,1-4H3. The number of rotatable bonds is 6. The molecule has 4 heteroatoms. The van der Waals surface area contributed by atoms with Gasteiger partial charge in [-0.25, -0.2) is 0 Å². The normalized spacial score (nSPS) is 16.9. The van der Waals surface area contributed by atoms with Gasteiger partial charge >= 0.3 is 0 Å². The Morgan fingerprint density at radius 1 is 1.15 bits per heavy atom. The minimum atomic E-state index is -0.487. The van der Waals surface area contributed by atoms with Crippen LogP contribution in [-0.4, -0.2) is 32.0 Å². The number of carbonyl (C=O) groups is 1. The van der Waals surface area contributed by atoms with Gasteiger partial charge in [-0.1, -0.05) is 18.2 Å². The lowest BCUT2D eigenvalue weighted by Gasteiger charge is -2.25. The lowest BCUT2D eigenvalue weighted by molar-refractivity contribution is -0.136. The molecule has 110 valence electrons. The number of fused-ring (bicyclic) bond motifs is 1. The minimum absolute atomic E-state index is 0.100. The van der Waals surface area contributed by atoms with Crippen molar-refractivity contribution < 1.29 is 14.3 Å². The summed E-state index contributed by atoms with van der Waals surface area (Å²) in [4.78, 5) is 14.4. The van der Waals surface area contributed by atoms with E-state index in [1.54, 1.807) is 4.90 Å². The molecule has 0 saturated heterocycles. The second-order valence-corrected chi connectivity index (χ2v) is 5.40. The molecule has 1 aromatic carbocycles. The van der Waals surface area contributed by atoms with E-state index in [9.17, 15) is 4.79 Å². The number of anilines is 1. The minimum Gasteiger partial charge on any atom is -0.351 e. The molecule has 0 radical (unpaired) electrons. The lowest BCUT2D eigenvalue weighted by Crippen LogP contribution is -2.42. The van der Waals surface area contributed by atoms with Crippen molar-refractivity contribution in [3.63, 3.8) is 0 Å². The molecule has 1 aliphatic heterocycles. The highest BCUT2D eigenvalue weighted by Gasteiger charge is 2.44. The number of benzene rings is 1. The third-order valence-corrected chi connectivity index (χ3v) is 3.68. The SMILES string of the molecule is CCOC(CN1C(=O)C(C)(C)c2ccccc21)OCC. The second kappa shape index (κ2) is 5.94. The largest absolute Gasteiger partial charge is 0.351 e. The van der Waals surface area contributed by atoms with E-state index in [2.05, 4.69) is 0 Å². The first-order chi connectivity index (χ1) is 9.52. The summed E-state index contributed by atoms with van der Waals surface area (Å²) in [6, 6.07) is 7.93. The number of amides is 1. The molecule has 4 nitrogen and oxygen atoms in total. The smallest absolute Gasteiger partial charge is 0.237 e. The van der Waals surface area contributed by atoms with Crippen LogP contribution in [-0.2, 0) is 19.7 Å². The van der Waals surface area contributed by atoms with Crippen LogP contribution >= 0.6 is 0 Å². The Kier molecular flexibility index (Phi) is 4.45. The van der Waals surface area contributed by atoms with E-state index in [4.69, 9.17) is 9.47 Å². The zero-order valence-corrected chi connectivity index (χ0v) is 12.7. The summed E-state index contributed by atoms with van der Waals surface area (Å²) < 4.78 is 11.1. The van der Waals surface area contributed by atoms with E-state index in [-0.39, 0.29) is 12.2 Å². The van der Waals surface area contributed by atoms with Gasteiger partial charge in [-0.05, 0) is 39.3 Å². The van der Waals surface area contributed by atoms with Crippen molar-refractivity contribution in [1.29, 1.82) is 0 Å². The third-order valence-electron chi connectivity index (χ3n) is 3.68. The Bertz CT molecular complexity index is 478. The van der Waals surface area contributed by atoms with Crippen molar-refractivity contribution in [3.8, 4) is 0 Å². The fourth-order valence-electron chi connectivity index (χ4n) is 2.66. The Morgan fingerprint density at radius 3 is 2.35 bits per heavy atom. The van der Waals surface area contributed by atoms with Crippen LogP contribution in [0, 0.1) is 0 Å². The Morgan fingerprint density at radius 2 is 1.75 bits per heavy atom. The molecule has 1 heterocycles. The monoisotopic (exact) mass is 277 g/mol. The summed E-state index contributed by atoms with van der Waals surface area (Å²) in [5.41, 5.74) is 1.54. The lowest BCUT2D eigenvalue weighted by atomic mass is 9.86. The van der Waals surface area contributed by atoms with E-state index in [0.29, 0.717) is 19.8 Å². The molecule has 1 aromatic rings. The Labute approximate surface area is 120 Å². The molecule has 0 saturated carbocycles. The van der Waals surface area contributed by atoms with Crippen LogP contribution in [0.5, 0.6) is 0 Å². The number of hydrogen-bond donors (Lipinski definition) is 0. The topological polar surface area (TPSA) is 38.8 Å². The highest BCUT2D eigenvalue weighted by molar-refractivity contribution is 6.07. The van der Waals surface area contributed by atoms with Gasteiger partial charge in [-0.3, -0.25) is 4.79 Å². The highest BCUT2D eigenvalue weighted by atomic mass is 16.7. The molecule has 0 aliphatic carbocycles. The van der Waals surface area contributed by atoms with E-state index < -0.39 is 5.41 Å². The molecule has 2 rings (SSSR count). The Hall–Kier alpha value is -1.39. The fourth-order valence-corrected chi connectivity index (χ4v) is 2.66. The maximum atomic E-state index is 12.6. The van der Waals surface area contributed by atoms with Crippen LogP contribution in [0.1, 0.15) is 33.3 Å². The molecule has 0 spiro atoms. The van der Waals surface area contributed by atoms with Crippen LogP contribution in [0.2, 0.25) is 0 Å². The molecule has 1 amide bonds. The average molecular weight is 277 g/mol. The molecule has 1 aliphatic rings. The fraction of sp³-hybridized carbons (Fsp3) is 0.562. The number of ether oxygens (including phenoxy) is 2. The van der Waals surface area contributed by atoms with Crippen molar-refractivity contribution in [1.82, 2.24) is 0 Å². The van der Waals surface area contributed by atoms with Crippen molar-refractivity contribution in [2.75, 3.05) is 24.7 Å². The molecule has 0 N–H and O–H groups in total. The third kappa shape index (κ3) is 2.58. The summed E-state index contributed by atoms with van der Waals surface area (Å²) in [7, 11) is 0. The number of para-hydroxylation sites is 1. The quantitative estimate of drug-likeness (QED) is 0.750. The van der Waals surface area contributed by atoms with Gasteiger partial charge in [0, 0.05) is 18.9 Å². The van der Waals surface area contributed by atoms with Crippen LogP contribution in [0.4, 0.5) is 5.69 Å². The van der Waals surface area contributed by atoms with Crippen molar-refractivity contribution >= 4 is 11.6 Å². The summed E-state index contributed by atoms with van der Waals surface area (Å²) in [6.07, 6.45) is -0.379. The first-order valence-electron chi connectivity index (χ1n) is 7.17. The zero-order chi connectivity index (χ0) is 14.8. The summed E-state index contributed by atoms with van der Waals surface area (Å²) in [5.74, 6) is 0.100. The number of carbonyl (C=O) groups excluding carboxylic acids is 1. The first-order valence-corrected chi connectivity index (χ1v) is 7.17. The van der Waals surface area contributed by atoms with Gasteiger partial charge in [-0.2, -0.15) is 0 Å². The van der Waals surface area contributed by atoms with E-state index in [1.165, 1.54) is 0 Å². The van der Waals surface area contributed by atoms with Crippen LogP contribution in [0.15, 0.2) is 24.3 Å². The van der Waals surface area contributed by atoms with Crippen molar-refractivity contribution in [2.24, 2.45) is 0 Å².